The molecule has 0 saturated carbocycles. The molecule has 0 bridgehead atoms. The van der Waals surface area contributed by atoms with E-state index in [9.17, 15) is 0 Å². The lowest BCUT2D eigenvalue weighted by molar-refractivity contribution is 0.322. The summed E-state index contributed by atoms with van der Waals surface area (Å²) >= 11 is 4.44. The van der Waals surface area contributed by atoms with Gasteiger partial charge in [-0.2, -0.15) is 12.6 Å². The second-order valence-electron chi connectivity index (χ2n) is 3.81. The zero-order chi connectivity index (χ0) is 7.00. The first kappa shape index (κ1) is 8.35. The second kappa shape index (κ2) is 1.94. The summed E-state index contributed by atoms with van der Waals surface area (Å²) in [6, 6.07) is 0. The minimum absolute atomic E-state index is 0.132. The summed E-state index contributed by atoms with van der Waals surface area (Å²) in [5.74, 6) is 0. The summed E-state index contributed by atoms with van der Waals surface area (Å²) in [5.41, 5.74) is 0.302. The molecule has 0 radical (unpaired) electrons. The summed E-state index contributed by atoms with van der Waals surface area (Å²) < 4.78 is 0.132. The first-order valence-electron chi connectivity index (χ1n) is 2.97. The maximum atomic E-state index is 4.44. The Labute approximate surface area is 58.1 Å². The molecule has 0 amide bonds. The average Bonchev–Trinajstić information content (AvgIpc) is 1.25. The van der Waals surface area contributed by atoms with Crippen LogP contribution in [0.2, 0.25) is 0 Å². The van der Waals surface area contributed by atoms with Crippen molar-refractivity contribution in [2.75, 3.05) is 0 Å². The molecule has 0 nitrogen and oxygen atoms in total. The fourth-order valence-corrected chi connectivity index (χ4v) is 0. The van der Waals surface area contributed by atoms with Crippen LogP contribution < -0.4 is 0 Å². The highest BCUT2D eigenvalue weighted by Gasteiger charge is 2.28. The maximum absolute atomic E-state index is 4.44. The van der Waals surface area contributed by atoms with Gasteiger partial charge in [0.15, 0.2) is 0 Å². The van der Waals surface area contributed by atoms with Gasteiger partial charge in [-0.1, -0.05) is 34.6 Å². The molecule has 0 rings (SSSR count). The van der Waals surface area contributed by atoms with Gasteiger partial charge >= 0.3 is 0 Å². The molecule has 0 aliphatic rings. The topological polar surface area (TPSA) is 0 Å². The molecular weight excluding hydrogens is 116 g/mol. The molecule has 0 heterocycles. The van der Waals surface area contributed by atoms with Crippen LogP contribution in [0.3, 0.4) is 0 Å². The van der Waals surface area contributed by atoms with E-state index in [1.165, 1.54) is 0 Å². The minimum Gasteiger partial charge on any atom is -0.173 e. The van der Waals surface area contributed by atoms with E-state index in [1.807, 2.05) is 0 Å². The first-order chi connectivity index (χ1) is 3.25. The second-order valence-corrected chi connectivity index (χ2v) is 4.93. The average molecular weight is 132 g/mol. The van der Waals surface area contributed by atoms with E-state index in [-0.39, 0.29) is 4.75 Å². The Morgan fingerprint density at radius 3 is 1.00 bits per heavy atom. The Balaban J connectivity index is 4.02. The fraction of sp³-hybridized carbons (Fsp3) is 1.00. The monoisotopic (exact) mass is 132 g/mol. The summed E-state index contributed by atoms with van der Waals surface area (Å²) in [5, 5.41) is 0. The predicted octanol–water partition coefficient (Wildman–Crippen LogP) is 2.74. The lowest BCUT2D eigenvalue weighted by Gasteiger charge is -2.33. The highest BCUT2D eigenvalue weighted by Crippen LogP contribution is 2.34. The number of thiol groups is 1. The number of rotatable bonds is 0. The van der Waals surface area contributed by atoms with Gasteiger partial charge in [0.25, 0.3) is 0 Å². The van der Waals surface area contributed by atoms with Crippen LogP contribution in [-0.4, -0.2) is 4.75 Å². The molecule has 0 aliphatic heterocycles. The largest absolute Gasteiger partial charge is 0.173 e. The van der Waals surface area contributed by atoms with Gasteiger partial charge < -0.3 is 0 Å². The lowest BCUT2D eigenvalue weighted by Crippen LogP contribution is -2.30. The van der Waals surface area contributed by atoms with E-state index in [4.69, 9.17) is 0 Å². The van der Waals surface area contributed by atoms with Gasteiger partial charge in [-0.05, 0) is 5.41 Å². The smallest absolute Gasteiger partial charge is 0.0121 e. The van der Waals surface area contributed by atoms with Gasteiger partial charge in [0, 0.05) is 4.75 Å². The van der Waals surface area contributed by atoms with Crippen molar-refractivity contribution in [3.63, 3.8) is 0 Å². The van der Waals surface area contributed by atoms with Crippen LogP contribution in [0.25, 0.3) is 0 Å². The van der Waals surface area contributed by atoms with E-state index >= 15 is 0 Å². The maximum Gasteiger partial charge on any atom is 0.0121 e. The van der Waals surface area contributed by atoms with Gasteiger partial charge in [-0.25, -0.2) is 0 Å². The molecule has 0 aromatic rings. The summed E-state index contributed by atoms with van der Waals surface area (Å²) in [6.07, 6.45) is 0. The van der Waals surface area contributed by atoms with Crippen LogP contribution in [-0.2, 0) is 0 Å². The Morgan fingerprint density at radius 2 is 1.00 bits per heavy atom. The third-order valence-electron chi connectivity index (χ3n) is 1.84. The molecule has 0 fully saturated rings. The summed E-state index contributed by atoms with van der Waals surface area (Å²) in [4.78, 5) is 0. The van der Waals surface area contributed by atoms with Crippen LogP contribution in [0.1, 0.15) is 34.6 Å². The Bertz CT molecular complexity index is 59.4. The van der Waals surface area contributed by atoms with Crippen molar-refractivity contribution in [1.29, 1.82) is 0 Å². The Morgan fingerprint density at radius 1 is 0.875 bits per heavy atom. The van der Waals surface area contributed by atoms with Gasteiger partial charge in [0.2, 0.25) is 0 Å². The van der Waals surface area contributed by atoms with E-state index in [2.05, 4.69) is 47.2 Å². The minimum atomic E-state index is 0.132. The van der Waals surface area contributed by atoms with Crippen molar-refractivity contribution in [3.05, 3.63) is 0 Å². The first-order valence-corrected chi connectivity index (χ1v) is 3.42. The Hall–Kier alpha value is 0.350. The van der Waals surface area contributed by atoms with Gasteiger partial charge in [0.05, 0.1) is 0 Å². The molecular formula is C7H16S. The van der Waals surface area contributed by atoms with E-state index in [0.717, 1.165) is 0 Å². The predicted molar refractivity (Wildman–Crippen MR) is 42.5 cm³/mol. The molecule has 0 aliphatic carbocycles. The molecule has 0 aromatic carbocycles. The molecule has 8 heavy (non-hydrogen) atoms. The van der Waals surface area contributed by atoms with Gasteiger partial charge in [-0.15, -0.1) is 0 Å². The molecule has 50 valence electrons. The van der Waals surface area contributed by atoms with Crippen LogP contribution in [0.5, 0.6) is 0 Å². The molecule has 1 heteroatoms. The summed E-state index contributed by atoms with van der Waals surface area (Å²) in [7, 11) is 0. The zero-order valence-electron chi connectivity index (χ0n) is 6.45. The molecule has 0 saturated heterocycles. The fourth-order valence-electron chi connectivity index (χ4n) is 0. The van der Waals surface area contributed by atoms with Crippen LogP contribution in [0.4, 0.5) is 0 Å². The normalized spacial score (nSPS) is 14.2. The highest BCUT2D eigenvalue weighted by atomic mass is 32.1. The SMILES string of the molecule is CC(C)(C)C(C)(C)S. The Kier molecular flexibility index (Phi) is 2.03. The standard InChI is InChI=1S/C7H16S/c1-6(2,3)7(4,5)8/h8H,1-5H3. The molecule has 0 N–H and O–H groups in total. The third kappa shape index (κ3) is 2.08. The van der Waals surface area contributed by atoms with Crippen LogP contribution >= 0.6 is 12.6 Å². The van der Waals surface area contributed by atoms with Crippen molar-refractivity contribution in [2.24, 2.45) is 5.41 Å². The molecule has 0 aromatic heterocycles. The van der Waals surface area contributed by atoms with Crippen molar-refractivity contribution in [2.45, 2.75) is 39.4 Å². The molecule has 0 unspecified atom stereocenters. The lowest BCUT2D eigenvalue weighted by atomic mass is 9.83. The highest BCUT2D eigenvalue weighted by molar-refractivity contribution is 7.81. The number of hydrogen-bond acceptors (Lipinski definition) is 1. The van der Waals surface area contributed by atoms with Crippen LogP contribution in [0, 0.1) is 5.41 Å². The van der Waals surface area contributed by atoms with Crippen molar-refractivity contribution < 1.29 is 0 Å². The quantitative estimate of drug-likeness (QED) is 0.481. The van der Waals surface area contributed by atoms with Crippen LogP contribution in [0.15, 0.2) is 0 Å². The van der Waals surface area contributed by atoms with E-state index < -0.39 is 0 Å². The zero-order valence-corrected chi connectivity index (χ0v) is 7.34. The molecule has 0 spiro atoms. The van der Waals surface area contributed by atoms with Gasteiger partial charge in [0.1, 0.15) is 0 Å². The molecule has 0 atom stereocenters. The van der Waals surface area contributed by atoms with Crippen molar-refractivity contribution >= 4 is 12.6 Å². The van der Waals surface area contributed by atoms with E-state index in [1.54, 1.807) is 0 Å². The van der Waals surface area contributed by atoms with Gasteiger partial charge in [-0.3, -0.25) is 0 Å². The van der Waals surface area contributed by atoms with Crippen molar-refractivity contribution in [3.8, 4) is 0 Å². The third-order valence-corrected chi connectivity index (χ3v) is 2.51. The summed E-state index contributed by atoms with van der Waals surface area (Å²) in [6.45, 7) is 10.9. The number of hydrogen-bond donors (Lipinski definition) is 1. The van der Waals surface area contributed by atoms with Crippen molar-refractivity contribution in [1.82, 2.24) is 0 Å². The van der Waals surface area contributed by atoms with E-state index in [0.29, 0.717) is 5.41 Å².